The number of hydrogen-bond donors (Lipinski definition) is 2. The van der Waals surface area contributed by atoms with Gasteiger partial charge in [-0.15, -0.1) is 12.4 Å². The number of nitrogens with zero attached hydrogens (tertiary/aromatic N) is 6. The van der Waals surface area contributed by atoms with Gasteiger partial charge in [0.15, 0.2) is 11.5 Å². The van der Waals surface area contributed by atoms with E-state index >= 15 is 0 Å². The molecule has 1 aliphatic heterocycles. The minimum Gasteiger partial charge on any atom is -0.369 e. The Hall–Kier alpha value is -3.40. The summed E-state index contributed by atoms with van der Waals surface area (Å²) in [6, 6.07) is 16.6. The Balaban J connectivity index is 0.00000274. The SMILES string of the molecule is CN1CCN(c2ccc(Nc3cc(=O)n(-c4ccc(Cl)cc4)nc3-c3ncn[nH]3)cc2)CC1.Cl. The number of H-pyrrole nitrogens is 1. The fourth-order valence-electron chi connectivity index (χ4n) is 3.79. The average Bonchev–Trinajstić information content (AvgIpc) is 3.36. The number of aromatic nitrogens is 5. The number of hydrogen-bond acceptors (Lipinski definition) is 7. The summed E-state index contributed by atoms with van der Waals surface area (Å²) in [4.78, 5) is 21.8. The van der Waals surface area contributed by atoms with Gasteiger partial charge in [-0.1, -0.05) is 11.6 Å². The van der Waals surface area contributed by atoms with Crippen LogP contribution >= 0.6 is 24.0 Å². The molecule has 3 heterocycles. The molecular weight excluding hydrogens is 475 g/mol. The number of rotatable bonds is 5. The molecule has 0 unspecified atom stereocenters. The lowest BCUT2D eigenvalue weighted by molar-refractivity contribution is 0.313. The highest BCUT2D eigenvalue weighted by atomic mass is 35.5. The Morgan fingerprint density at radius 1 is 0.971 bits per heavy atom. The zero-order chi connectivity index (χ0) is 22.8. The summed E-state index contributed by atoms with van der Waals surface area (Å²) in [6.45, 7) is 4.11. The Morgan fingerprint density at radius 2 is 1.65 bits per heavy atom. The van der Waals surface area contributed by atoms with Crippen molar-refractivity contribution in [1.82, 2.24) is 29.9 Å². The van der Waals surface area contributed by atoms with Crippen molar-refractivity contribution in [2.45, 2.75) is 0 Å². The molecule has 0 atom stereocenters. The molecule has 2 aromatic carbocycles. The second-order valence-corrected chi connectivity index (χ2v) is 8.37. The standard InChI is InChI=1S/C23H23ClN8O.ClH/c1-30-10-12-31(13-11-30)18-8-4-17(5-9-18)27-20-14-21(33)32(19-6-2-16(24)3-7-19)29-22(20)23-25-15-26-28-23;/h2-9,14-15,27H,10-13H2,1H3,(H,25,26,28);1H. The molecule has 0 bridgehead atoms. The molecule has 0 spiro atoms. The van der Waals surface area contributed by atoms with Crippen LogP contribution in [0.15, 0.2) is 65.7 Å². The van der Waals surface area contributed by atoms with Crippen LogP contribution < -0.4 is 15.8 Å². The molecule has 176 valence electrons. The van der Waals surface area contributed by atoms with Gasteiger partial charge in [0.2, 0.25) is 0 Å². The molecule has 2 N–H and O–H groups in total. The summed E-state index contributed by atoms with van der Waals surface area (Å²) >= 11 is 5.99. The lowest BCUT2D eigenvalue weighted by atomic mass is 10.2. The summed E-state index contributed by atoms with van der Waals surface area (Å²) in [5.41, 5.74) is 3.37. The highest BCUT2D eigenvalue weighted by molar-refractivity contribution is 6.30. The average molecular weight is 499 g/mol. The van der Waals surface area contributed by atoms with Gasteiger partial charge in [-0.3, -0.25) is 9.89 Å². The molecule has 1 fully saturated rings. The van der Waals surface area contributed by atoms with Crippen LogP contribution in [0.5, 0.6) is 0 Å². The van der Waals surface area contributed by atoms with E-state index in [0.717, 1.165) is 31.9 Å². The van der Waals surface area contributed by atoms with Gasteiger partial charge in [-0.2, -0.15) is 14.9 Å². The van der Waals surface area contributed by atoms with E-state index in [9.17, 15) is 4.79 Å². The maximum Gasteiger partial charge on any atom is 0.273 e. The molecule has 0 radical (unpaired) electrons. The predicted octanol–water partition coefficient (Wildman–Crippen LogP) is 3.59. The van der Waals surface area contributed by atoms with E-state index in [0.29, 0.717) is 27.9 Å². The molecule has 0 saturated carbocycles. The lowest BCUT2D eigenvalue weighted by Gasteiger charge is -2.34. The molecule has 0 aliphatic carbocycles. The number of likely N-dealkylation sites (N-methyl/N-ethyl adjacent to an activating group) is 1. The number of benzene rings is 2. The maximum absolute atomic E-state index is 12.9. The van der Waals surface area contributed by atoms with Gasteiger partial charge in [0, 0.05) is 48.6 Å². The fraction of sp³-hybridized carbons (Fsp3) is 0.217. The summed E-state index contributed by atoms with van der Waals surface area (Å²) in [6.07, 6.45) is 1.41. The van der Waals surface area contributed by atoms with Crippen molar-refractivity contribution in [2.24, 2.45) is 0 Å². The van der Waals surface area contributed by atoms with E-state index in [1.165, 1.54) is 22.8 Å². The monoisotopic (exact) mass is 498 g/mol. The number of anilines is 3. The van der Waals surface area contributed by atoms with Crippen LogP contribution in [0.25, 0.3) is 17.2 Å². The molecule has 34 heavy (non-hydrogen) atoms. The number of halogens is 2. The van der Waals surface area contributed by atoms with Crippen LogP contribution in [-0.2, 0) is 0 Å². The smallest absolute Gasteiger partial charge is 0.273 e. The van der Waals surface area contributed by atoms with Crippen molar-refractivity contribution in [3.8, 4) is 17.2 Å². The van der Waals surface area contributed by atoms with Gasteiger partial charge < -0.3 is 15.1 Å². The third-order valence-electron chi connectivity index (χ3n) is 5.66. The van der Waals surface area contributed by atoms with Gasteiger partial charge in [-0.25, -0.2) is 4.98 Å². The van der Waals surface area contributed by atoms with Crippen molar-refractivity contribution in [3.63, 3.8) is 0 Å². The molecular formula is C23H24Cl2N8O. The predicted molar refractivity (Wildman–Crippen MR) is 137 cm³/mol. The summed E-state index contributed by atoms with van der Waals surface area (Å²) in [5, 5.41) is 15.2. The first kappa shape index (κ1) is 23.7. The van der Waals surface area contributed by atoms with Crippen LogP contribution in [0.3, 0.4) is 0 Å². The highest BCUT2D eigenvalue weighted by Gasteiger charge is 2.16. The van der Waals surface area contributed by atoms with Gasteiger partial charge in [0.05, 0.1) is 11.4 Å². The second-order valence-electron chi connectivity index (χ2n) is 7.93. The third kappa shape index (κ3) is 5.06. The Morgan fingerprint density at radius 3 is 2.29 bits per heavy atom. The van der Waals surface area contributed by atoms with E-state index < -0.39 is 0 Å². The van der Waals surface area contributed by atoms with Crippen LogP contribution in [0.2, 0.25) is 5.02 Å². The van der Waals surface area contributed by atoms with Crippen molar-refractivity contribution in [3.05, 3.63) is 76.3 Å². The fourth-order valence-corrected chi connectivity index (χ4v) is 3.91. The number of nitrogens with one attached hydrogen (secondary N) is 2. The maximum atomic E-state index is 12.9. The van der Waals surface area contributed by atoms with Gasteiger partial charge in [0.25, 0.3) is 5.56 Å². The quantitative estimate of drug-likeness (QED) is 0.434. The second kappa shape index (κ2) is 10.3. The Bertz CT molecular complexity index is 1280. The van der Waals surface area contributed by atoms with Crippen LogP contribution in [0.4, 0.5) is 17.1 Å². The zero-order valence-corrected chi connectivity index (χ0v) is 20.1. The first-order valence-electron chi connectivity index (χ1n) is 10.6. The van der Waals surface area contributed by atoms with Crippen LogP contribution in [-0.4, -0.2) is 63.1 Å². The van der Waals surface area contributed by atoms with Gasteiger partial charge in [0.1, 0.15) is 6.33 Å². The topological polar surface area (TPSA) is 95.0 Å². The molecule has 9 nitrogen and oxygen atoms in total. The van der Waals surface area contributed by atoms with Gasteiger partial charge >= 0.3 is 0 Å². The summed E-state index contributed by atoms with van der Waals surface area (Å²) in [5.74, 6) is 0.453. The first-order valence-corrected chi connectivity index (χ1v) is 11.0. The van der Waals surface area contributed by atoms with E-state index in [4.69, 9.17) is 11.6 Å². The molecule has 4 aromatic rings. The Labute approximate surface area is 207 Å². The summed E-state index contributed by atoms with van der Waals surface area (Å²) < 4.78 is 1.32. The minimum absolute atomic E-state index is 0. The largest absolute Gasteiger partial charge is 0.369 e. The third-order valence-corrected chi connectivity index (χ3v) is 5.91. The number of piperazine rings is 1. The molecule has 1 aliphatic rings. The molecule has 2 aromatic heterocycles. The normalized spacial score (nSPS) is 14.0. The van der Waals surface area contributed by atoms with Crippen molar-refractivity contribution in [1.29, 1.82) is 0 Å². The molecule has 0 amide bonds. The highest BCUT2D eigenvalue weighted by Crippen LogP contribution is 2.27. The van der Waals surface area contributed by atoms with E-state index in [1.54, 1.807) is 24.3 Å². The summed E-state index contributed by atoms with van der Waals surface area (Å²) in [7, 11) is 2.14. The van der Waals surface area contributed by atoms with Gasteiger partial charge in [-0.05, 0) is 55.6 Å². The zero-order valence-electron chi connectivity index (χ0n) is 18.5. The van der Waals surface area contributed by atoms with Crippen molar-refractivity contribution >= 4 is 41.1 Å². The van der Waals surface area contributed by atoms with E-state index in [2.05, 4.69) is 54.6 Å². The van der Waals surface area contributed by atoms with Crippen molar-refractivity contribution in [2.75, 3.05) is 43.4 Å². The van der Waals surface area contributed by atoms with E-state index in [-0.39, 0.29) is 18.0 Å². The lowest BCUT2D eigenvalue weighted by Crippen LogP contribution is -2.44. The molecule has 1 saturated heterocycles. The molecule has 11 heteroatoms. The number of aromatic amines is 1. The Kier molecular flexibility index (Phi) is 7.16. The van der Waals surface area contributed by atoms with E-state index in [1.807, 2.05) is 12.1 Å². The van der Waals surface area contributed by atoms with Crippen molar-refractivity contribution < 1.29 is 0 Å². The minimum atomic E-state index is -0.280. The van der Waals surface area contributed by atoms with Crippen LogP contribution in [0, 0.1) is 0 Å². The molecule has 5 rings (SSSR count). The first-order chi connectivity index (χ1) is 16.1. The van der Waals surface area contributed by atoms with Crippen LogP contribution in [0.1, 0.15) is 0 Å².